The SMILES string of the molecule is O=C(OCC1CCOCC1)c1cc(Cl)ccc1[N+](=O)[O-]. The van der Waals surface area contributed by atoms with Gasteiger partial charge in [-0.05, 0) is 30.9 Å². The molecule has 7 heteroatoms. The van der Waals surface area contributed by atoms with Crippen LogP contribution in [0.25, 0.3) is 0 Å². The highest BCUT2D eigenvalue weighted by Crippen LogP contribution is 2.24. The molecule has 0 atom stereocenters. The molecule has 2 rings (SSSR count). The zero-order chi connectivity index (χ0) is 14.5. The second kappa shape index (κ2) is 6.67. The summed E-state index contributed by atoms with van der Waals surface area (Å²) in [5.74, 6) is -0.475. The lowest BCUT2D eigenvalue weighted by atomic mass is 10.0. The van der Waals surface area contributed by atoms with Crippen LogP contribution in [0.15, 0.2) is 18.2 Å². The van der Waals surface area contributed by atoms with Gasteiger partial charge in [-0.25, -0.2) is 4.79 Å². The van der Waals surface area contributed by atoms with E-state index in [0.29, 0.717) is 13.2 Å². The Hall–Kier alpha value is -1.66. The van der Waals surface area contributed by atoms with Crippen LogP contribution in [0.1, 0.15) is 23.2 Å². The number of carbonyl (C=O) groups is 1. The number of esters is 1. The van der Waals surface area contributed by atoms with Gasteiger partial charge in [-0.15, -0.1) is 0 Å². The Labute approximate surface area is 120 Å². The second-order valence-corrected chi connectivity index (χ2v) is 5.01. The minimum Gasteiger partial charge on any atom is -0.462 e. The quantitative estimate of drug-likeness (QED) is 0.485. The van der Waals surface area contributed by atoms with Crippen molar-refractivity contribution < 1.29 is 19.2 Å². The first-order valence-electron chi connectivity index (χ1n) is 6.26. The van der Waals surface area contributed by atoms with E-state index in [4.69, 9.17) is 21.1 Å². The Bertz CT molecular complexity index is 513. The van der Waals surface area contributed by atoms with Crippen molar-refractivity contribution in [3.63, 3.8) is 0 Å². The molecular formula is C13H14ClNO5. The molecule has 108 valence electrons. The molecule has 0 spiro atoms. The smallest absolute Gasteiger partial charge is 0.345 e. The molecule has 0 saturated carbocycles. The minimum absolute atomic E-state index is 0.116. The van der Waals surface area contributed by atoms with E-state index in [1.807, 2.05) is 0 Å². The van der Waals surface area contributed by atoms with E-state index in [2.05, 4.69) is 0 Å². The van der Waals surface area contributed by atoms with E-state index in [0.717, 1.165) is 12.8 Å². The van der Waals surface area contributed by atoms with Crippen molar-refractivity contribution in [2.45, 2.75) is 12.8 Å². The maximum atomic E-state index is 11.9. The molecule has 0 amide bonds. The largest absolute Gasteiger partial charge is 0.462 e. The highest BCUT2D eigenvalue weighted by atomic mass is 35.5. The van der Waals surface area contributed by atoms with Crippen LogP contribution in [-0.2, 0) is 9.47 Å². The zero-order valence-corrected chi connectivity index (χ0v) is 11.5. The lowest BCUT2D eigenvalue weighted by Crippen LogP contribution is -2.22. The molecular weight excluding hydrogens is 286 g/mol. The summed E-state index contributed by atoms with van der Waals surface area (Å²) in [6.45, 7) is 1.55. The molecule has 1 aromatic rings. The van der Waals surface area contributed by atoms with Gasteiger partial charge in [0, 0.05) is 24.3 Å². The molecule has 1 aliphatic heterocycles. The molecule has 0 aromatic heterocycles. The van der Waals surface area contributed by atoms with E-state index >= 15 is 0 Å². The number of halogens is 1. The zero-order valence-electron chi connectivity index (χ0n) is 10.7. The summed E-state index contributed by atoms with van der Waals surface area (Å²) in [6, 6.07) is 3.83. The molecule has 0 unspecified atom stereocenters. The van der Waals surface area contributed by atoms with Crippen molar-refractivity contribution in [2.75, 3.05) is 19.8 Å². The molecule has 1 heterocycles. The van der Waals surface area contributed by atoms with E-state index in [9.17, 15) is 14.9 Å². The minimum atomic E-state index is -0.717. The van der Waals surface area contributed by atoms with Crippen molar-refractivity contribution >= 4 is 23.3 Å². The van der Waals surface area contributed by atoms with Crippen molar-refractivity contribution in [1.29, 1.82) is 0 Å². The van der Waals surface area contributed by atoms with Crippen LogP contribution in [0.2, 0.25) is 5.02 Å². The molecule has 1 saturated heterocycles. The van der Waals surface area contributed by atoms with Crippen LogP contribution in [-0.4, -0.2) is 30.7 Å². The summed E-state index contributed by atoms with van der Waals surface area (Å²) in [5, 5.41) is 11.1. The standard InChI is InChI=1S/C13H14ClNO5/c14-10-1-2-12(15(17)18)11(7-10)13(16)20-8-9-3-5-19-6-4-9/h1-2,7,9H,3-6,8H2. The van der Waals surface area contributed by atoms with Crippen molar-refractivity contribution in [2.24, 2.45) is 5.92 Å². The van der Waals surface area contributed by atoms with Gasteiger partial charge in [0.1, 0.15) is 5.56 Å². The number of ether oxygens (including phenoxy) is 2. The van der Waals surface area contributed by atoms with Gasteiger partial charge < -0.3 is 9.47 Å². The second-order valence-electron chi connectivity index (χ2n) is 4.57. The lowest BCUT2D eigenvalue weighted by Gasteiger charge is -2.21. The third kappa shape index (κ3) is 3.68. The maximum absolute atomic E-state index is 11.9. The summed E-state index contributed by atoms with van der Waals surface area (Å²) in [7, 11) is 0. The van der Waals surface area contributed by atoms with Crippen molar-refractivity contribution in [3.8, 4) is 0 Å². The molecule has 0 radical (unpaired) electrons. The fraction of sp³-hybridized carbons (Fsp3) is 0.462. The molecule has 1 fully saturated rings. The third-order valence-corrected chi connectivity index (χ3v) is 3.40. The summed E-state index contributed by atoms with van der Waals surface area (Å²) >= 11 is 5.77. The van der Waals surface area contributed by atoms with Crippen LogP contribution >= 0.6 is 11.6 Å². The predicted molar refractivity (Wildman–Crippen MR) is 71.9 cm³/mol. The van der Waals surface area contributed by atoms with Gasteiger partial charge >= 0.3 is 5.97 Å². The molecule has 0 aliphatic carbocycles. The number of rotatable bonds is 4. The number of nitrogens with zero attached hydrogens (tertiary/aromatic N) is 1. The fourth-order valence-corrected chi connectivity index (χ4v) is 2.19. The van der Waals surface area contributed by atoms with Gasteiger partial charge in [-0.3, -0.25) is 10.1 Å². The van der Waals surface area contributed by atoms with Gasteiger partial charge in [0.25, 0.3) is 5.69 Å². The highest BCUT2D eigenvalue weighted by Gasteiger charge is 2.23. The normalized spacial score (nSPS) is 15.8. The van der Waals surface area contributed by atoms with Gasteiger partial charge in [0.15, 0.2) is 0 Å². The summed E-state index contributed by atoms with van der Waals surface area (Å²) in [6.07, 6.45) is 1.65. The fourth-order valence-electron chi connectivity index (χ4n) is 2.02. The van der Waals surface area contributed by atoms with Gasteiger partial charge in [0.2, 0.25) is 0 Å². The average molecular weight is 300 g/mol. The summed E-state index contributed by atoms with van der Waals surface area (Å²) < 4.78 is 10.4. The van der Waals surface area contributed by atoms with Crippen LogP contribution in [0.4, 0.5) is 5.69 Å². The predicted octanol–water partition coefficient (Wildman–Crippen LogP) is 2.83. The molecule has 0 N–H and O–H groups in total. The van der Waals surface area contributed by atoms with Crippen molar-refractivity contribution in [3.05, 3.63) is 38.9 Å². The average Bonchev–Trinajstić information content (AvgIpc) is 2.45. The molecule has 6 nitrogen and oxygen atoms in total. The monoisotopic (exact) mass is 299 g/mol. The molecule has 1 aromatic carbocycles. The van der Waals surface area contributed by atoms with Crippen LogP contribution in [0, 0.1) is 16.0 Å². The van der Waals surface area contributed by atoms with Gasteiger partial charge in [0.05, 0.1) is 11.5 Å². The lowest BCUT2D eigenvalue weighted by molar-refractivity contribution is -0.385. The first-order chi connectivity index (χ1) is 9.58. The van der Waals surface area contributed by atoms with Crippen molar-refractivity contribution in [1.82, 2.24) is 0 Å². The number of nitro groups is 1. The summed E-state index contributed by atoms with van der Waals surface area (Å²) in [5.41, 5.74) is -0.416. The first-order valence-corrected chi connectivity index (χ1v) is 6.64. The number of hydrogen-bond donors (Lipinski definition) is 0. The Morgan fingerprint density at radius 3 is 2.80 bits per heavy atom. The Balaban J connectivity index is 2.04. The molecule has 0 bridgehead atoms. The number of hydrogen-bond acceptors (Lipinski definition) is 5. The first kappa shape index (κ1) is 14.7. The van der Waals surface area contributed by atoms with Crippen LogP contribution < -0.4 is 0 Å². The van der Waals surface area contributed by atoms with E-state index in [-0.39, 0.29) is 28.8 Å². The van der Waals surface area contributed by atoms with E-state index < -0.39 is 10.9 Å². The van der Waals surface area contributed by atoms with E-state index in [1.165, 1.54) is 18.2 Å². The molecule has 1 aliphatic rings. The van der Waals surface area contributed by atoms with E-state index in [1.54, 1.807) is 0 Å². The maximum Gasteiger partial charge on any atom is 0.345 e. The Morgan fingerprint density at radius 1 is 1.45 bits per heavy atom. The van der Waals surface area contributed by atoms with Gasteiger partial charge in [-0.1, -0.05) is 11.6 Å². The third-order valence-electron chi connectivity index (χ3n) is 3.17. The highest BCUT2D eigenvalue weighted by molar-refractivity contribution is 6.31. The number of carbonyl (C=O) groups excluding carboxylic acids is 1. The Kier molecular flexibility index (Phi) is 4.92. The molecule has 20 heavy (non-hydrogen) atoms. The summed E-state index contributed by atoms with van der Waals surface area (Å²) in [4.78, 5) is 22.2. The van der Waals surface area contributed by atoms with Crippen LogP contribution in [0.3, 0.4) is 0 Å². The van der Waals surface area contributed by atoms with Crippen LogP contribution in [0.5, 0.6) is 0 Å². The number of nitro benzene ring substituents is 1. The number of benzene rings is 1. The Morgan fingerprint density at radius 2 is 2.15 bits per heavy atom. The topological polar surface area (TPSA) is 78.7 Å². The van der Waals surface area contributed by atoms with Gasteiger partial charge in [-0.2, -0.15) is 0 Å².